The molecule has 0 saturated carbocycles. The Balaban J connectivity index is 1.43. The quantitative estimate of drug-likeness (QED) is 0.614. The first kappa shape index (κ1) is 18.1. The van der Waals surface area contributed by atoms with Crippen LogP contribution in [0.2, 0.25) is 0 Å². The fourth-order valence-electron chi connectivity index (χ4n) is 3.05. The molecule has 2 aromatic rings. The van der Waals surface area contributed by atoms with E-state index in [-0.39, 0.29) is 0 Å². The van der Waals surface area contributed by atoms with Crippen molar-refractivity contribution in [2.75, 3.05) is 31.1 Å². The first-order valence-corrected chi connectivity index (χ1v) is 8.75. The molecule has 0 radical (unpaired) electrons. The summed E-state index contributed by atoms with van der Waals surface area (Å²) in [4.78, 5) is 10.7. The molecule has 138 valence electrons. The van der Waals surface area contributed by atoms with Gasteiger partial charge in [-0.05, 0) is 36.6 Å². The van der Waals surface area contributed by atoms with Gasteiger partial charge < -0.3 is 16.0 Å². The Morgan fingerprint density at radius 2 is 2.15 bits per heavy atom. The largest absolute Gasteiger partial charge is 0.371 e. The number of benzene rings is 1. The van der Waals surface area contributed by atoms with Crippen LogP contribution < -0.4 is 16.0 Å². The fraction of sp³-hybridized carbons (Fsp3) is 0.368. The van der Waals surface area contributed by atoms with E-state index >= 15 is 0 Å². The Morgan fingerprint density at radius 3 is 2.92 bits per heavy atom. The summed E-state index contributed by atoms with van der Waals surface area (Å²) >= 11 is 0. The van der Waals surface area contributed by atoms with Crippen molar-refractivity contribution in [1.29, 1.82) is 0 Å². The minimum atomic E-state index is -0.821. The van der Waals surface area contributed by atoms with E-state index in [1.807, 2.05) is 23.1 Å². The molecule has 1 atom stereocenters. The summed E-state index contributed by atoms with van der Waals surface area (Å²) in [5.41, 5.74) is 7.62. The first-order chi connectivity index (χ1) is 12.6. The number of hydrogen-bond donors (Lipinski definition) is 2. The molecule has 1 aliphatic heterocycles. The van der Waals surface area contributed by atoms with Crippen molar-refractivity contribution in [2.45, 2.75) is 12.8 Å². The molecular formula is C19H23F2N5. The topological polar surface area (TPSA) is 66.5 Å². The molecule has 1 aliphatic rings. The van der Waals surface area contributed by atoms with Gasteiger partial charge in [0, 0.05) is 56.2 Å². The van der Waals surface area contributed by atoms with Crippen molar-refractivity contribution in [3.05, 3.63) is 59.9 Å². The van der Waals surface area contributed by atoms with Crippen LogP contribution in [-0.2, 0) is 6.42 Å². The normalized spacial score (nSPS) is 17.5. The number of halogens is 2. The summed E-state index contributed by atoms with van der Waals surface area (Å²) in [7, 11) is 0. The molecule has 1 aromatic heterocycles. The number of pyridine rings is 1. The summed E-state index contributed by atoms with van der Waals surface area (Å²) in [6, 6.07) is 9.84. The summed E-state index contributed by atoms with van der Waals surface area (Å²) in [5.74, 6) is -0.865. The standard InChI is InChI=1S/C19H23F2N5/c20-17-5-4-16(11-18(17)21)26-10-7-14(13-26)12-25-19(22)24-9-6-15-3-1-2-8-23-15/h1-5,8,11,14H,6-7,9-10,12-13H2,(H3,22,24,25). The number of anilines is 1. The molecule has 5 nitrogen and oxygen atoms in total. The van der Waals surface area contributed by atoms with Crippen LogP contribution in [0.1, 0.15) is 12.1 Å². The zero-order valence-electron chi connectivity index (χ0n) is 14.5. The van der Waals surface area contributed by atoms with Gasteiger partial charge in [-0.1, -0.05) is 6.07 Å². The van der Waals surface area contributed by atoms with E-state index in [1.165, 1.54) is 12.1 Å². The van der Waals surface area contributed by atoms with Crippen molar-refractivity contribution >= 4 is 11.6 Å². The lowest BCUT2D eigenvalue weighted by Crippen LogP contribution is -2.34. The Bertz CT molecular complexity index is 751. The predicted molar refractivity (Wildman–Crippen MR) is 99.1 cm³/mol. The number of nitrogens with two attached hydrogens (primary N) is 1. The predicted octanol–water partition coefficient (Wildman–Crippen LogP) is 2.33. The number of hydrogen-bond acceptors (Lipinski definition) is 3. The number of guanidine groups is 1. The summed E-state index contributed by atoms with van der Waals surface area (Å²) < 4.78 is 26.4. The number of rotatable bonds is 6. The maximum absolute atomic E-state index is 13.4. The molecule has 0 aliphatic carbocycles. The van der Waals surface area contributed by atoms with Crippen molar-refractivity contribution in [1.82, 2.24) is 10.3 Å². The molecule has 26 heavy (non-hydrogen) atoms. The lowest BCUT2D eigenvalue weighted by Gasteiger charge is -2.18. The van der Waals surface area contributed by atoms with Gasteiger partial charge in [-0.3, -0.25) is 9.98 Å². The molecule has 0 spiro atoms. The van der Waals surface area contributed by atoms with Crippen LogP contribution in [0.3, 0.4) is 0 Å². The molecule has 1 unspecified atom stereocenters. The molecule has 3 N–H and O–H groups in total. The molecule has 1 aromatic carbocycles. The Labute approximate surface area is 151 Å². The van der Waals surface area contributed by atoms with E-state index in [0.717, 1.165) is 31.6 Å². The zero-order chi connectivity index (χ0) is 18.4. The van der Waals surface area contributed by atoms with E-state index in [1.54, 1.807) is 12.3 Å². The molecule has 1 saturated heterocycles. The minimum Gasteiger partial charge on any atom is -0.371 e. The second kappa shape index (κ2) is 8.60. The van der Waals surface area contributed by atoms with Gasteiger partial charge in [0.2, 0.25) is 0 Å². The van der Waals surface area contributed by atoms with Crippen LogP contribution in [0.25, 0.3) is 0 Å². The maximum atomic E-state index is 13.4. The van der Waals surface area contributed by atoms with E-state index in [9.17, 15) is 8.78 Å². The summed E-state index contributed by atoms with van der Waals surface area (Å²) in [6.07, 6.45) is 3.50. The molecular weight excluding hydrogens is 336 g/mol. The van der Waals surface area contributed by atoms with Crippen LogP contribution in [0.5, 0.6) is 0 Å². The highest BCUT2D eigenvalue weighted by molar-refractivity contribution is 5.77. The van der Waals surface area contributed by atoms with Crippen molar-refractivity contribution in [3.8, 4) is 0 Å². The lowest BCUT2D eigenvalue weighted by molar-refractivity contribution is 0.508. The van der Waals surface area contributed by atoms with Gasteiger partial charge in [-0.15, -0.1) is 0 Å². The van der Waals surface area contributed by atoms with E-state index in [0.29, 0.717) is 30.7 Å². The van der Waals surface area contributed by atoms with Gasteiger partial charge in [0.25, 0.3) is 0 Å². The molecule has 2 heterocycles. The van der Waals surface area contributed by atoms with Gasteiger partial charge in [0.15, 0.2) is 17.6 Å². The maximum Gasteiger partial charge on any atom is 0.188 e. The van der Waals surface area contributed by atoms with Gasteiger partial charge in [-0.25, -0.2) is 8.78 Å². The monoisotopic (exact) mass is 359 g/mol. The van der Waals surface area contributed by atoms with Gasteiger partial charge in [0.1, 0.15) is 0 Å². The summed E-state index contributed by atoms with van der Waals surface area (Å²) in [6.45, 7) is 2.86. The number of nitrogens with one attached hydrogen (secondary N) is 1. The van der Waals surface area contributed by atoms with Crippen LogP contribution in [0.15, 0.2) is 47.6 Å². The Hall–Kier alpha value is -2.70. The van der Waals surface area contributed by atoms with Crippen LogP contribution >= 0.6 is 0 Å². The lowest BCUT2D eigenvalue weighted by atomic mass is 10.1. The van der Waals surface area contributed by atoms with Crippen LogP contribution in [0, 0.1) is 17.6 Å². The van der Waals surface area contributed by atoms with E-state index in [4.69, 9.17) is 5.73 Å². The molecule has 7 heteroatoms. The van der Waals surface area contributed by atoms with Crippen LogP contribution in [0.4, 0.5) is 14.5 Å². The number of aliphatic imine (C=N–C) groups is 1. The third-order valence-electron chi connectivity index (χ3n) is 4.49. The van der Waals surface area contributed by atoms with Gasteiger partial charge in [0.05, 0.1) is 0 Å². The summed E-state index contributed by atoms with van der Waals surface area (Å²) in [5, 5.41) is 3.09. The Kier molecular flexibility index (Phi) is 5.99. The first-order valence-electron chi connectivity index (χ1n) is 8.75. The highest BCUT2D eigenvalue weighted by Gasteiger charge is 2.23. The second-order valence-electron chi connectivity index (χ2n) is 6.42. The smallest absolute Gasteiger partial charge is 0.188 e. The average Bonchev–Trinajstić information content (AvgIpc) is 3.12. The van der Waals surface area contributed by atoms with Crippen molar-refractivity contribution in [2.24, 2.45) is 16.6 Å². The van der Waals surface area contributed by atoms with E-state index in [2.05, 4.69) is 15.3 Å². The average molecular weight is 359 g/mol. The minimum absolute atomic E-state index is 0.347. The number of aromatic nitrogens is 1. The fourth-order valence-corrected chi connectivity index (χ4v) is 3.05. The SMILES string of the molecule is NC(=NCC1CCN(c2ccc(F)c(F)c2)C1)NCCc1ccccn1. The second-order valence-corrected chi connectivity index (χ2v) is 6.42. The van der Waals surface area contributed by atoms with Gasteiger partial charge in [-0.2, -0.15) is 0 Å². The van der Waals surface area contributed by atoms with Crippen molar-refractivity contribution in [3.63, 3.8) is 0 Å². The molecule has 0 amide bonds. The molecule has 1 fully saturated rings. The zero-order valence-corrected chi connectivity index (χ0v) is 14.5. The Morgan fingerprint density at radius 1 is 1.27 bits per heavy atom. The highest BCUT2D eigenvalue weighted by Crippen LogP contribution is 2.25. The third-order valence-corrected chi connectivity index (χ3v) is 4.49. The van der Waals surface area contributed by atoms with Crippen molar-refractivity contribution < 1.29 is 8.78 Å². The third kappa shape index (κ3) is 4.91. The molecule has 3 rings (SSSR count). The van der Waals surface area contributed by atoms with E-state index < -0.39 is 11.6 Å². The number of nitrogens with zero attached hydrogens (tertiary/aromatic N) is 3. The molecule has 0 bridgehead atoms. The highest BCUT2D eigenvalue weighted by atomic mass is 19.2. The van der Waals surface area contributed by atoms with Crippen LogP contribution in [-0.4, -0.2) is 37.1 Å². The van der Waals surface area contributed by atoms with Gasteiger partial charge >= 0.3 is 0 Å².